The number of carbonyl (C=O) groups excluding carboxylic acids is 1. The summed E-state index contributed by atoms with van der Waals surface area (Å²) < 4.78 is 5.74. The van der Waals surface area contributed by atoms with E-state index in [1.165, 1.54) is 6.42 Å². The third-order valence-corrected chi connectivity index (χ3v) is 5.21. The van der Waals surface area contributed by atoms with Crippen LogP contribution >= 0.6 is 11.8 Å². The van der Waals surface area contributed by atoms with E-state index in [4.69, 9.17) is 4.74 Å². The number of carbonyl (C=O) groups is 1. The monoisotopic (exact) mass is 228 g/mol. The topological polar surface area (TPSA) is 26.3 Å². The van der Waals surface area contributed by atoms with Crippen molar-refractivity contribution in [2.75, 3.05) is 5.75 Å². The highest BCUT2D eigenvalue weighted by Gasteiger charge is 2.44. The molecule has 0 aromatic carbocycles. The lowest BCUT2D eigenvalue weighted by atomic mass is 9.84. The Balaban J connectivity index is 2.05. The molecule has 0 bridgehead atoms. The molecule has 2 saturated heterocycles. The molecular weight excluding hydrogens is 208 g/mol. The van der Waals surface area contributed by atoms with Gasteiger partial charge in [-0.2, -0.15) is 11.8 Å². The fourth-order valence-corrected chi connectivity index (χ4v) is 4.05. The van der Waals surface area contributed by atoms with Gasteiger partial charge in [-0.1, -0.05) is 6.92 Å². The summed E-state index contributed by atoms with van der Waals surface area (Å²) in [5, 5.41) is 0.258. The first-order valence-corrected chi connectivity index (χ1v) is 6.97. The second-order valence-electron chi connectivity index (χ2n) is 4.84. The van der Waals surface area contributed by atoms with Crippen LogP contribution in [-0.2, 0) is 9.53 Å². The van der Waals surface area contributed by atoms with Crippen molar-refractivity contribution in [2.45, 2.75) is 51.1 Å². The number of hydrogen-bond acceptors (Lipinski definition) is 3. The zero-order chi connectivity index (χ0) is 11.0. The van der Waals surface area contributed by atoms with Gasteiger partial charge in [-0.15, -0.1) is 0 Å². The van der Waals surface area contributed by atoms with E-state index in [9.17, 15) is 4.79 Å². The van der Waals surface area contributed by atoms with Crippen molar-refractivity contribution in [3.05, 3.63) is 0 Å². The molecule has 5 unspecified atom stereocenters. The van der Waals surface area contributed by atoms with Gasteiger partial charge in [0.2, 0.25) is 0 Å². The Hall–Kier alpha value is -0.0200. The first kappa shape index (κ1) is 11.5. The van der Waals surface area contributed by atoms with Crippen LogP contribution in [0.3, 0.4) is 0 Å². The molecule has 0 radical (unpaired) electrons. The van der Waals surface area contributed by atoms with Crippen LogP contribution < -0.4 is 0 Å². The first-order chi connectivity index (χ1) is 7.11. The van der Waals surface area contributed by atoms with Crippen molar-refractivity contribution in [3.8, 4) is 0 Å². The third kappa shape index (κ3) is 2.09. The molecule has 0 saturated carbocycles. The molecule has 2 nitrogen and oxygen atoms in total. The Morgan fingerprint density at radius 1 is 1.27 bits per heavy atom. The Labute approximate surface area is 96.1 Å². The van der Waals surface area contributed by atoms with Gasteiger partial charge in [-0.3, -0.25) is 4.79 Å². The van der Waals surface area contributed by atoms with E-state index < -0.39 is 0 Å². The summed E-state index contributed by atoms with van der Waals surface area (Å²) in [7, 11) is 0. The normalized spacial score (nSPS) is 45.9. The second kappa shape index (κ2) is 4.46. The second-order valence-corrected chi connectivity index (χ2v) is 6.15. The van der Waals surface area contributed by atoms with Gasteiger partial charge in [0.15, 0.2) is 5.78 Å². The molecule has 5 atom stereocenters. The van der Waals surface area contributed by atoms with Crippen molar-refractivity contribution >= 4 is 17.5 Å². The van der Waals surface area contributed by atoms with Gasteiger partial charge in [0, 0.05) is 5.92 Å². The Morgan fingerprint density at radius 3 is 2.47 bits per heavy atom. The van der Waals surface area contributed by atoms with Crippen LogP contribution in [0.1, 0.15) is 33.6 Å². The third-order valence-electron chi connectivity index (χ3n) is 3.82. The molecule has 15 heavy (non-hydrogen) atoms. The van der Waals surface area contributed by atoms with Crippen molar-refractivity contribution in [3.63, 3.8) is 0 Å². The zero-order valence-electron chi connectivity index (χ0n) is 9.73. The molecule has 2 aliphatic rings. The minimum Gasteiger partial charge on any atom is -0.375 e. The zero-order valence-corrected chi connectivity index (χ0v) is 10.5. The molecule has 2 fully saturated rings. The highest BCUT2D eigenvalue weighted by molar-refractivity contribution is 8.00. The van der Waals surface area contributed by atoms with Gasteiger partial charge >= 0.3 is 0 Å². The number of ketones is 1. The number of thioether (sulfide) groups is 1. The largest absolute Gasteiger partial charge is 0.375 e. The summed E-state index contributed by atoms with van der Waals surface area (Å²) in [6.45, 7) is 6.27. The van der Waals surface area contributed by atoms with Crippen molar-refractivity contribution < 1.29 is 9.53 Å². The fraction of sp³-hybridized carbons (Fsp3) is 0.917. The molecule has 2 aliphatic heterocycles. The molecule has 2 rings (SSSR count). The molecule has 0 aromatic heterocycles. The standard InChI is InChI=1S/C12H20O2S/c1-7-8(2)14-9(3)11(7)12(13)10-5-4-6-15-10/h7-11H,4-6H2,1-3H3. The highest BCUT2D eigenvalue weighted by Crippen LogP contribution is 2.38. The fourth-order valence-electron chi connectivity index (χ4n) is 2.77. The van der Waals surface area contributed by atoms with Gasteiger partial charge in [-0.05, 0) is 38.4 Å². The number of rotatable bonds is 2. The lowest BCUT2D eigenvalue weighted by Crippen LogP contribution is -2.32. The summed E-state index contributed by atoms with van der Waals surface area (Å²) in [6.07, 6.45) is 2.63. The van der Waals surface area contributed by atoms with Gasteiger partial charge < -0.3 is 4.74 Å². The van der Waals surface area contributed by atoms with Crippen LogP contribution in [0.5, 0.6) is 0 Å². The van der Waals surface area contributed by atoms with E-state index in [-0.39, 0.29) is 23.4 Å². The molecule has 0 N–H and O–H groups in total. The van der Waals surface area contributed by atoms with E-state index >= 15 is 0 Å². The van der Waals surface area contributed by atoms with E-state index in [2.05, 4.69) is 13.8 Å². The molecule has 86 valence electrons. The summed E-state index contributed by atoms with van der Waals surface area (Å²) in [5.41, 5.74) is 0. The van der Waals surface area contributed by atoms with Crippen LogP contribution in [0.2, 0.25) is 0 Å². The van der Waals surface area contributed by atoms with Crippen molar-refractivity contribution in [1.82, 2.24) is 0 Å². The first-order valence-electron chi connectivity index (χ1n) is 5.92. The predicted octanol–water partition coefficient (Wildman–Crippen LogP) is 2.51. The van der Waals surface area contributed by atoms with E-state index in [1.54, 1.807) is 0 Å². The van der Waals surface area contributed by atoms with E-state index in [0.29, 0.717) is 11.7 Å². The van der Waals surface area contributed by atoms with Crippen LogP contribution in [0.15, 0.2) is 0 Å². The minimum atomic E-state index is 0.115. The van der Waals surface area contributed by atoms with Crippen molar-refractivity contribution in [1.29, 1.82) is 0 Å². The van der Waals surface area contributed by atoms with Gasteiger partial charge in [0.25, 0.3) is 0 Å². The number of Topliss-reactive ketones (excluding diaryl/α,β-unsaturated/α-hetero) is 1. The molecule has 0 aromatic rings. The van der Waals surface area contributed by atoms with E-state index in [1.807, 2.05) is 18.7 Å². The smallest absolute Gasteiger partial charge is 0.151 e. The molecule has 0 amide bonds. The minimum absolute atomic E-state index is 0.115. The Bertz CT molecular complexity index is 248. The summed E-state index contributed by atoms with van der Waals surface area (Å²) in [5.74, 6) is 2.12. The molecule has 2 heterocycles. The maximum Gasteiger partial charge on any atom is 0.151 e. The maximum absolute atomic E-state index is 12.3. The van der Waals surface area contributed by atoms with Gasteiger partial charge in [0.1, 0.15) is 0 Å². The highest BCUT2D eigenvalue weighted by atomic mass is 32.2. The summed E-state index contributed by atoms with van der Waals surface area (Å²) in [6, 6.07) is 0. The maximum atomic E-state index is 12.3. The quantitative estimate of drug-likeness (QED) is 0.726. The number of ether oxygens (including phenoxy) is 1. The SMILES string of the molecule is CC1OC(C)C(C(=O)C2CCCS2)C1C. The van der Waals surface area contributed by atoms with Crippen LogP contribution in [-0.4, -0.2) is 29.0 Å². The average Bonchev–Trinajstić information content (AvgIpc) is 2.76. The van der Waals surface area contributed by atoms with Gasteiger partial charge in [0.05, 0.1) is 17.5 Å². The number of hydrogen-bond donors (Lipinski definition) is 0. The molecule has 3 heteroatoms. The Kier molecular flexibility index (Phi) is 3.41. The predicted molar refractivity (Wildman–Crippen MR) is 63.2 cm³/mol. The lowest BCUT2D eigenvalue weighted by Gasteiger charge is -2.20. The van der Waals surface area contributed by atoms with Crippen molar-refractivity contribution in [2.24, 2.45) is 11.8 Å². The summed E-state index contributed by atoms with van der Waals surface area (Å²) in [4.78, 5) is 12.3. The van der Waals surface area contributed by atoms with Crippen LogP contribution in [0.25, 0.3) is 0 Å². The van der Waals surface area contributed by atoms with Crippen LogP contribution in [0, 0.1) is 11.8 Å². The van der Waals surface area contributed by atoms with E-state index in [0.717, 1.165) is 12.2 Å². The van der Waals surface area contributed by atoms with Gasteiger partial charge in [-0.25, -0.2) is 0 Å². The Morgan fingerprint density at radius 2 is 2.00 bits per heavy atom. The molecule has 0 spiro atoms. The molecular formula is C12H20O2S. The molecule has 0 aliphatic carbocycles. The van der Waals surface area contributed by atoms with Crippen LogP contribution in [0.4, 0.5) is 0 Å². The lowest BCUT2D eigenvalue weighted by molar-refractivity contribution is -0.124. The summed E-state index contributed by atoms with van der Waals surface area (Å²) >= 11 is 1.84. The average molecular weight is 228 g/mol.